The summed E-state index contributed by atoms with van der Waals surface area (Å²) >= 11 is 9.51. The zero-order valence-electron chi connectivity index (χ0n) is 15.8. The minimum Gasteiger partial charge on any atom is -0.483 e. The number of fused-ring (bicyclic) bond motifs is 5. The first-order chi connectivity index (χ1) is 14.4. The molecule has 0 N–H and O–H groups in total. The van der Waals surface area contributed by atoms with E-state index in [-0.39, 0.29) is 53.6 Å². The van der Waals surface area contributed by atoms with E-state index in [2.05, 4.69) is 15.9 Å². The molecular weight excluding hydrogens is 470 g/mol. The molecule has 3 aliphatic rings. The van der Waals surface area contributed by atoms with E-state index in [0.29, 0.717) is 16.3 Å². The summed E-state index contributed by atoms with van der Waals surface area (Å²) in [4.78, 5) is 40.0. The summed E-state index contributed by atoms with van der Waals surface area (Å²) < 4.78 is 6.63. The van der Waals surface area contributed by atoms with Crippen LogP contribution in [0.4, 0.5) is 5.69 Å². The number of nitrogens with zero attached hydrogens (tertiary/aromatic N) is 1. The largest absolute Gasteiger partial charge is 0.483 e. The van der Waals surface area contributed by atoms with E-state index >= 15 is 0 Å². The van der Waals surface area contributed by atoms with Gasteiger partial charge < -0.3 is 4.74 Å². The van der Waals surface area contributed by atoms with Gasteiger partial charge in [-0.2, -0.15) is 0 Å². The van der Waals surface area contributed by atoms with Gasteiger partial charge in [0, 0.05) is 15.1 Å². The number of Topliss-reactive ketones (excluding diaryl/α,β-unsaturated/α-hetero) is 1. The van der Waals surface area contributed by atoms with Crippen molar-refractivity contribution in [3.05, 3.63) is 69.7 Å². The Morgan fingerprint density at radius 2 is 1.67 bits per heavy atom. The minimum absolute atomic E-state index is 0.115. The lowest BCUT2D eigenvalue weighted by molar-refractivity contribution is -0.123. The van der Waals surface area contributed by atoms with Crippen molar-refractivity contribution in [1.82, 2.24) is 0 Å². The molecule has 2 amide bonds. The Morgan fingerprint density at radius 3 is 2.30 bits per heavy atom. The molecule has 2 aromatic rings. The van der Waals surface area contributed by atoms with Crippen LogP contribution in [0.25, 0.3) is 0 Å². The number of rotatable bonds is 5. The smallest absolute Gasteiger partial charge is 0.238 e. The highest BCUT2D eigenvalue weighted by molar-refractivity contribution is 9.10. The first kappa shape index (κ1) is 19.5. The molecule has 1 aliphatic heterocycles. The van der Waals surface area contributed by atoms with Crippen LogP contribution in [0.1, 0.15) is 16.8 Å². The van der Waals surface area contributed by atoms with Gasteiger partial charge in [-0.3, -0.25) is 14.4 Å². The van der Waals surface area contributed by atoms with Crippen LogP contribution in [0.15, 0.2) is 59.1 Å². The molecule has 5 nitrogen and oxygen atoms in total. The van der Waals surface area contributed by atoms with Gasteiger partial charge in [-0.25, -0.2) is 4.90 Å². The molecule has 2 fully saturated rings. The first-order valence-electron chi connectivity index (χ1n) is 9.71. The second-order valence-electron chi connectivity index (χ2n) is 7.84. The SMILES string of the molecule is O=C(COc1ccc(Cl)cc1N1C(=O)[C@@H]2[C@H](C1=O)[C@@H]1C=C[C@H]2C1)c1ccc(Br)cc1. The van der Waals surface area contributed by atoms with Gasteiger partial charge in [-0.1, -0.05) is 51.8 Å². The van der Waals surface area contributed by atoms with E-state index in [9.17, 15) is 14.4 Å². The summed E-state index contributed by atoms with van der Waals surface area (Å²) in [5.41, 5.74) is 0.814. The number of amides is 2. The Morgan fingerprint density at radius 1 is 1.03 bits per heavy atom. The van der Waals surface area contributed by atoms with Crippen molar-refractivity contribution in [2.45, 2.75) is 6.42 Å². The molecule has 0 unspecified atom stereocenters. The van der Waals surface area contributed by atoms with E-state index in [1.807, 2.05) is 12.2 Å². The van der Waals surface area contributed by atoms with Gasteiger partial charge >= 0.3 is 0 Å². The number of benzene rings is 2. The lowest BCUT2D eigenvalue weighted by Crippen LogP contribution is -2.33. The van der Waals surface area contributed by atoms with Crippen molar-refractivity contribution in [3.63, 3.8) is 0 Å². The van der Waals surface area contributed by atoms with Gasteiger partial charge in [-0.05, 0) is 48.6 Å². The molecule has 7 heteroatoms. The Balaban J connectivity index is 1.41. The maximum Gasteiger partial charge on any atom is 0.238 e. The fourth-order valence-corrected chi connectivity index (χ4v) is 5.22. The van der Waals surface area contributed by atoms with Crippen LogP contribution in [0, 0.1) is 23.7 Å². The Hall–Kier alpha value is -2.44. The maximum atomic E-state index is 13.1. The van der Waals surface area contributed by atoms with Gasteiger partial charge in [-0.15, -0.1) is 0 Å². The third-order valence-corrected chi connectivity index (χ3v) is 6.92. The van der Waals surface area contributed by atoms with E-state index < -0.39 is 0 Å². The third kappa shape index (κ3) is 3.10. The van der Waals surface area contributed by atoms with Crippen LogP contribution in [-0.2, 0) is 9.59 Å². The van der Waals surface area contributed by atoms with Crippen molar-refractivity contribution < 1.29 is 19.1 Å². The van der Waals surface area contributed by atoms with Gasteiger partial charge in [0.15, 0.2) is 12.4 Å². The van der Waals surface area contributed by atoms with Gasteiger partial charge in [0.25, 0.3) is 0 Å². The van der Waals surface area contributed by atoms with Crippen LogP contribution in [0.2, 0.25) is 5.02 Å². The lowest BCUT2D eigenvalue weighted by Gasteiger charge is -2.21. The number of allylic oxidation sites excluding steroid dienone is 2. The average Bonchev–Trinajstić information content (AvgIpc) is 3.41. The molecule has 2 bridgehead atoms. The van der Waals surface area contributed by atoms with Gasteiger partial charge in [0.2, 0.25) is 11.8 Å². The molecule has 2 aromatic carbocycles. The molecule has 1 heterocycles. The second-order valence-corrected chi connectivity index (χ2v) is 9.19. The minimum atomic E-state index is -0.316. The molecule has 1 saturated heterocycles. The molecule has 2 aliphatic carbocycles. The summed E-state index contributed by atoms with van der Waals surface area (Å²) in [7, 11) is 0. The first-order valence-corrected chi connectivity index (χ1v) is 10.9. The summed E-state index contributed by atoms with van der Waals surface area (Å²) in [6, 6.07) is 11.7. The summed E-state index contributed by atoms with van der Waals surface area (Å²) in [6.45, 7) is -0.216. The molecule has 152 valence electrons. The fraction of sp³-hybridized carbons (Fsp3) is 0.261. The van der Waals surface area contributed by atoms with Crippen LogP contribution in [0.3, 0.4) is 0 Å². The van der Waals surface area contributed by atoms with Crippen LogP contribution in [0.5, 0.6) is 5.75 Å². The normalized spacial score (nSPS) is 26.4. The topological polar surface area (TPSA) is 63.7 Å². The highest BCUT2D eigenvalue weighted by Crippen LogP contribution is 2.54. The predicted octanol–water partition coefficient (Wildman–Crippen LogP) is 4.68. The molecule has 0 aromatic heterocycles. The zero-order valence-corrected chi connectivity index (χ0v) is 18.1. The van der Waals surface area contributed by atoms with E-state index in [0.717, 1.165) is 10.9 Å². The second kappa shape index (κ2) is 7.36. The van der Waals surface area contributed by atoms with Crippen molar-refractivity contribution in [2.24, 2.45) is 23.7 Å². The number of ether oxygens (including phenoxy) is 1. The van der Waals surface area contributed by atoms with Gasteiger partial charge in [0.05, 0.1) is 17.5 Å². The van der Waals surface area contributed by atoms with Crippen molar-refractivity contribution in [3.8, 4) is 5.75 Å². The number of ketones is 1. The van der Waals surface area contributed by atoms with Crippen LogP contribution >= 0.6 is 27.5 Å². The van der Waals surface area contributed by atoms with Crippen LogP contribution in [-0.4, -0.2) is 24.2 Å². The Bertz CT molecular complexity index is 1070. The van der Waals surface area contributed by atoms with Gasteiger partial charge in [0.1, 0.15) is 5.75 Å². The van der Waals surface area contributed by atoms with Crippen molar-refractivity contribution in [2.75, 3.05) is 11.5 Å². The highest BCUT2D eigenvalue weighted by Gasteiger charge is 2.59. The van der Waals surface area contributed by atoms with E-state index in [1.54, 1.807) is 42.5 Å². The number of anilines is 1. The quantitative estimate of drug-likeness (QED) is 0.350. The average molecular weight is 487 g/mol. The van der Waals surface area contributed by atoms with Crippen molar-refractivity contribution >= 4 is 50.8 Å². The number of halogens is 2. The summed E-state index contributed by atoms with van der Waals surface area (Å²) in [6.07, 6.45) is 4.96. The number of hydrogen-bond donors (Lipinski definition) is 0. The standard InChI is InChI=1S/C23H17BrClNO4/c24-15-5-3-12(4-6-15)18(27)11-30-19-8-7-16(25)10-17(19)26-22(28)20-13-1-2-14(9-13)21(20)23(26)29/h1-8,10,13-14,20-21H,9,11H2/t13-,14+,20-,21+. The molecule has 0 radical (unpaired) electrons. The maximum absolute atomic E-state index is 13.1. The van der Waals surface area contributed by atoms with Crippen LogP contribution < -0.4 is 9.64 Å². The molecule has 30 heavy (non-hydrogen) atoms. The molecular formula is C23H17BrClNO4. The number of carbonyl (C=O) groups excluding carboxylic acids is 3. The van der Waals surface area contributed by atoms with E-state index in [4.69, 9.17) is 16.3 Å². The number of imide groups is 1. The number of carbonyl (C=O) groups is 3. The highest BCUT2D eigenvalue weighted by atomic mass is 79.9. The summed E-state index contributed by atoms with van der Waals surface area (Å²) in [5.74, 6) is -0.754. The molecule has 0 spiro atoms. The number of hydrogen-bond acceptors (Lipinski definition) is 4. The third-order valence-electron chi connectivity index (χ3n) is 6.16. The van der Waals surface area contributed by atoms with Crippen molar-refractivity contribution in [1.29, 1.82) is 0 Å². The molecule has 1 saturated carbocycles. The molecule has 5 rings (SSSR count). The Kier molecular flexibility index (Phi) is 4.79. The fourth-order valence-electron chi connectivity index (χ4n) is 4.79. The van der Waals surface area contributed by atoms with E-state index in [1.165, 1.54) is 4.90 Å². The molecule has 4 atom stereocenters. The monoisotopic (exact) mass is 485 g/mol. The summed E-state index contributed by atoms with van der Waals surface area (Å²) in [5, 5.41) is 0.385. The predicted molar refractivity (Wildman–Crippen MR) is 116 cm³/mol. The zero-order chi connectivity index (χ0) is 21.0. The Labute approximate surface area is 186 Å². The lowest BCUT2D eigenvalue weighted by atomic mass is 9.85.